The molecule has 0 radical (unpaired) electrons. The number of para-hydroxylation sites is 1. The van der Waals surface area contributed by atoms with Crippen LogP contribution in [-0.4, -0.2) is 17.2 Å². The summed E-state index contributed by atoms with van der Waals surface area (Å²) in [6.07, 6.45) is 0. The van der Waals surface area contributed by atoms with Gasteiger partial charge in [-0.05, 0) is 12.1 Å². The van der Waals surface area contributed by atoms with E-state index in [4.69, 9.17) is 10.5 Å². The molecule has 6 heteroatoms. The van der Waals surface area contributed by atoms with Crippen LogP contribution >= 0.6 is 0 Å². The van der Waals surface area contributed by atoms with Crippen LogP contribution in [0.15, 0.2) is 22.6 Å². The molecule has 1 aliphatic heterocycles. The summed E-state index contributed by atoms with van der Waals surface area (Å²) >= 11 is -1.51. The van der Waals surface area contributed by atoms with Crippen LogP contribution in [-0.2, 0) is 11.2 Å². The van der Waals surface area contributed by atoms with Crippen LogP contribution in [0.2, 0.25) is 0 Å². The van der Waals surface area contributed by atoms with E-state index in [0.29, 0.717) is 17.0 Å². The molecule has 0 aliphatic carbocycles. The highest BCUT2D eigenvalue weighted by atomic mass is 32.2. The summed E-state index contributed by atoms with van der Waals surface area (Å²) in [4.78, 5) is 0. The number of hydrogen-bond acceptors (Lipinski definition) is 3. The molecule has 0 bridgehead atoms. The zero-order valence-corrected chi connectivity index (χ0v) is 8.30. The summed E-state index contributed by atoms with van der Waals surface area (Å²) in [6, 6.07) is 5.36. The molecule has 2 rings (SSSR count). The number of amidine groups is 1. The zero-order valence-electron chi connectivity index (χ0n) is 7.48. The molecule has 1 aromatic carbocycles. The van der Waals surface area contributed by atoms with E-state index < -0.39 is 11.2 Å². The van der Waals surface area contributed by atoms with Crippen LogP contribution in [0.3, 0.4) is 0 Å². The molecular weight excluding hydrogens is 202 g/mol. The molecule has 1 heterocycles. The quantitative estimate of drug-likeness (QED) is 0.706. The smallest absolute Gasteiger partial charge is 0.245 e. The van der Waals surface area contributed by atoms with Crippen molar-refractivity contribution in [2.45, 2.75) is 0 Å². The molecule has 1 unspecified atom stereocenters. The van der Waals surface area contributed by atoms with E-state index in [0.717, 1.165) is 0 Å². The van der Waals surface area contributed by atoms with Crippen molar-refractivity contribution < 1.29 is 8.95 Å². The minimum Gasteiger partial charge on any atom is -0.495 e. The number of methoxy groups -OCH3 is 1. The molecule has 0 saturated carbocycles. The SMILES string of the molecule is COc1cccc2c1NS(=O)N=C2N. The average Bonchev–Trinajstić information content (AvgIpc) is 2.17. The topological polar surface area (TPSA) is 76.7 Å². The molecular formula is C8H9N3O2S. The predicted octanol–water partition coefficient (Wildman–Crippen LogP) is 0.405. The van der Waals surface area contributed by atoms with Gasteiger partial charge in [-0.25, -0.2) is 4.21 Å². The van der Waals surface area contributed by atoms with Gasteiger partial charge in [0.2, 0.25) is 11.2 Å². The summed E-state index contributed by atoms with van der Waals surface area (Å²) < 4.78 is 22.7. The van der Waals surface area contributed by atoms with Crippen molar-refractivity contribution >= 4 is 22.7 Å². The lowest BCUT2D eigenvalue weighted by molar-refractivity contribution is 0.417. The van der Waals surface area contributed by atoms with Gasteiger partial charge in [0.05, 0.1) is 7.11 Å². The second kappa shape index (κ2) is 3.30. The van der Waals surface area contributed by atoms with Crippen molar-refractivity contribution in [2.24, 2.45) is 10.1 Å². The number of nitrogens with zero attached hydrogens (tertiary/aromatic N) is 1. The number of rotatable bonds is 1. The van der Waals surface area contributed by atoms with Crippen molar-refractivity contribution in [2.75, 3.05) is 11.8 Å². The zero-order chi connectivity index (χ0) is 10.1. The Kier molecular flexibility index (Phi) is 2.12. The molecule has 0 spiro atoms. The minimum atomic E-state index is -1.51. The number of anilines is 1. The van der Waals surface area contributed by atoms with Gasteiger partial charge in [0.1, 0.15) is 17.3 Å². The Labute approximate surface area is 83.7 Å². The molecule has 1 aliphatic rings. The van der Waals surface area contributed by atoms with E-state index in [2.05, 4.69) is 9.12 Å². The van der Waals surface area contributed by atoms with Gasteiger partial charge in [-0.3, -0.25) is 4.72 Å². The molecule has 3 N–H and O–H groups in total. The first-order valence-corrected chi connectivity index (χ1v) is 5.03. The number of hydrogen-bond donors (Lipinski definition) is 2. The summed E-state index contributed by atoms with van der Waals surface area (Å²) in [7, 11) is 1.54. The number of benzene rings is 1. The third-order valence-corrected chi connectivity index (χ3v) is 2.63. The second-order valence-electron chi connectivity index (χ2n) is 2.71. The molecule has 0 amide bonds. The molecule has 1 aromatic rings. The Morgan fingerprint density at radius 1 is 1.57 bits per heavy atom. The lowest BCUT2D eigenvalue weighted by atomic mass is 10.1. The van der Waals surface area contributed by atoms with Gasteiger partial charge in [-0.15, -0.1) is 0 Å². The molecule has 0 saturated heterocycles. The fourth-order valence-electron chi connectivity index (χ4n) is 1.27. The monoisotopic (exact) mass is 211 g/mol. The fraction of sp³-hybridized carbons (Fsp3) is 0.125. The summed E-state index contributed by atoms with van der Waals surface area (Å²) in [5, 5.41) is 0. The lowest BCUT2D eigenvalue weighted by Crippen LogP contribution is -2.23. The maximum atomic E-state index is 11.2. The fourth-order valence-corrected chi connectivity index (χ4v) is 1.98. The average molecular weight is 211 g/mol. The van der Waals surface area contributed by atoms with Crippen molar-refractivity contribution in [3.8, 4) is 5.75 Å². The van der Waals surface area contributed by atoms with E-state index in [9.17, 15) is 4.21 Å². The van der Waals surface area contributed by atoms with Crippen LogP contribution in [0.1, 0.15) is 5.56 Å². The number of nitrogens with one attached hydrogen (secondary N) is 1. The first-order valence-electron chi connectivity index (χ1n) is 3.92. The van der Waals surface area contributed by atoms with E-state index in [1.807, 2.05) is 0 Å². The second-order valence-corrected chi connectivity index (χ2v) is 3.60. The van der Waals surface area contributed by atoms with Gasteiger partial charge >= 0.3 is 0 Å². The van der Waals surface area contributed by atoms with Crippen molar-refractivity contribution in [1.82, 2.24) is 0 Å². The van der Waals surface area contributed by atoms with E-state index in [-0.39, 0.29) is 5.84 Å². The Morgan fingerprint density at radius 2 is 2.36 bits per heavy atom. The maximum Gasteiger partial charge on any atom is 0.245 e. The van der Waals surface area contributed by atoms with Gasteiger partial charge in [0, 0.05) is 5.56 Å². The maximum absolute atomic E-state index is 11.2. The van der Waals surface area contributed by atoms with Crippen molar-refractivity contribution in [1.29, 1.82) is 0 Å². The molecule has 0 aromatic heterocycles. The predicted molar refractivity (Wildman–Crippen MR) is 55.5 cm³/mol. The van der Waals surface area contributed by atoms with Gasteiger partial charge in [0.25, 0.3) is 0 Å². The highest BCUT2D eigenvalue weighted by Crippen LogP contribution is 2.30. The number of nitrogens with two attached hydrogens (primary N) is 1. The van der Waals surface area contributed by atoms with Gasteiger partial charge < -0.3 is 10.5 Å². The molecule has 1 atom stereocenters. The Morgan fingerprint density at radius 3 is 3.07 bits per heavy atom. The number of ether oxygens (including phenoxy) is 1. The third kappa shape index (κ3) is 1.33. The van der Waals surface area contributed by atoms with Gasteiger partial charge in [-0.1, -0.05) is 6.07 Å². The van der Waals surface area contributed by atoms with E-state index >= 15 is 0 Å². The Balaban J connectivity index is 2.62. The first-order chi connectivity index (χ1) is 6.72. The van der Waals surface area contributed by atoms with E-state index in [1.165, 1.54) is 0 Å². The summed E-state index contributed by atoms with van der Waals surface area (Å²) in [5.41, 5.74) is 6.96. The van der Waals surface area contributed by atoms with Gasteiger partial charge in [-0.2, -0.15) is 4.40 Å². The lowest BCUT2D eigenvalue weighted by Gasteiger charge is -2.16. The van der Waals surface area contributed by atoms with Crippen LogP contribution < -0.4 is 15.2 Å². The van der Waals surface area contributed by atoms with Crippen molar-refractivity contribution in [3.05, 3.63) is 23.8 Å². The highest BCUT2D eigenvalue weighted by Gasteiger charge is 2.18. The number of fused-ring (bicyclic) bond motifs is 1. The standard InChI is InChI=1S/C8H9N3O2S/c1-13-6-4-2-3-5-7(6)10-14(12)11-8(5)9/h2-4,10H,1H3,(H2,9,11). The van der Waals surface area contributed by atoms with Crippen LogP contribution in [0.4, 0.5) is 5.69 Å². The normalized spacial score (nSPS) is 19.2. The Bertz CT molecular complexity index is 431. The van der Waals surface area contributed by atoms with Crippen molar-refractivity contribution in [3.63, 3.8) is 0 Å². The minimum absolute atomic E-state index is 0.260. The van der Waals surface area contributed by atoms with Gasteiger partial charge in [0.15, 0.2) is 0 Å². The molecule has 0 fully saturated rings. The first kappa shape index (κ1) is 9.01. The third-order valence-electron chi connectivity index (χ3n) is 1.89. The largest absolute Gasteiger partial charge is 0.495 e. The van der Waals surface area contributed by atoms with Crippen LogP contribution in [0, 0.1) is 0 Å². The van der Waals surface area contributed by atoms with Crippen LogP contribution in [0.5, 0.6) is 5.75 Å². The molecule has 5 nitrogen and oxygen atoms in total. The Hall–Kier alpha value is -1.56. The van der Waals surface area contributed by atoms with E-state index in [1.54, 1.807) is 25.3 Å². The van der Waals surface area contributed by atoms with Crippen LogP contribution in [0.25, 0.3) is 0 Å². The molecule has 74 valence electrons. The summed E-state index contributed by atoms with van der Waals surface area (Å²) in [6.45, 7) is 0. The summed E-state index contributed by atoms with van der Waals surface area (Å²) in [5.74, 6) is 0.865. The highest BCUT2D eigenvalue weighted by molar-refractivity contribution is 7.85. The molecule has 14 heavy (non-hydrogen) atoms.